The first-order valence-electron chi connectivity index (χ1n) is 6.27. The predicted molar refractivity (Wildman–Crippen MR) is 75.6 cm³/mol. The van der Waals surface area contributed by atoms with Gasteiger partial charge in [-0.3, -0.25) is 0 Å². The Balaban J connectivity index is 2.26. The number of hydrogen-bond acceptors (Lipinski definition) is 1. The van der Waals surface area contributed by atoms with E-state index in [0.717, 1.165) is 6.42 Å². The van der Waals surface area contributed by atoms with Gasteiger partial charge in [-0.2, -0.15) is 0 Å². The summed E-state index contributed by atoms with van der Waals surface area (Å²) in [6, 6.07) is 21.0. The number of aliphatic hydroxyl groups is 1. The van der Waals surface area contributed by atoms with Crippen LogP contribution in [-0.4, -0.2) is 11.7 Å². The zero-order valence-electron chi connectivity index (χ0n) is 10.4. The molecule has 0 atom stereocenters. The molecule has 0 fully saturated rings. The molecular weight excluding hydrogens is 220 g/mol. The molecule has 0 aliphatic rings. The zero-order chi connectivity index (χ0) is 12.6. The van der Waals surface area contributed by atoms with E-state index in [4.69, 9.17) is 5.11 Å². The van der Waals surface area contributed by atoms with Gasteiger partial charge in [-0.15, -0.1) is 0 Å². The number of rotatable bonds is 5. The van der Waals surface area contributed by atoms with Crippen LogP contribution in [0.2, 0.25) is 0 Å². The highest BCUT2D eigenvalue weighted by Gasteiger charge is 2.11. The maximum atomic E-state index is 8.83. The molecule has 0 saturated carbocycles. The first-order valence-corrected chi connectivity index (χ1v) is 6.27. The average Bonchev–Trinajstić information content (AvgIpc) is 2.46. The van der Waals surface area contributed by atoms with Crippen LogP contribution in [0, 0.1) is 0 Å². The molecular formula is C17H18O. The third-order valence-corrected chi connectivity index (χ3v) is 3.05. The normalized spacial score (nSPS) is 11.2. The van der Waals surface area contributed by atoms with E-state index in [1.165, 1.54) is 11.1 Å². The summed E-state index contributed by atoms with van der Waals surface area (Å²) in [6.45, 7) is 0.107. The lowest BCUT2D eigenvalue weighted by atomic mass is 9.88. The minimum atomic E-state index is 0.107. The molecule has 92 valence electrons. The molecule has 18 heavy (non-hydrogen) atoms. The van der Waals surface area contributed by atoms with E-state index < -0.39 is 0 Å². The van der Waals surface area contributed by atoms with Crippen LogP contribution in [0.4, 0.5) is 0 Å². The van der Waals surface area contributed by atoms with Crippen molar-refractivity contribution < 1.29 is 5.11 Å². The van der Waals surface area contributed by atoms with Gasteiger partial charge < -0.3 is 5.11 Å². The van der Waals surface area contributed by atoms with Gasteiger partial charge in [0, 0.05) is 5.92 Å². The van der Waals surface area contributed by atoms with Crippen LogP contribution in [0.5, 0.6) is 0 Å². The summed E-state index contributed by atoms with van der Waals surface area (Å²) in [7, 11) is 0. The molecule has 0 aliphatic heterocycles. The lowest BCUT2D eigenvalue weighted by molar-refractivity contribution is 0.342. The summed E-state index contributed by atoms with van der Waals surface area (Å²) in [5.74, 6) is 0.357. The third-order valence-electron chi connectivity index (χ3n) is 3.05. The minimum absolute atomic E-state index is 0.107. The maximum Gasteiger partial charge on any atom is 0.0612 e. The van der Waals surface area contributed by atoms with E-state index >= 15 is 0 Å². The van der Waals surface area contributed by atoms with Crippen LogP contribution in [0.1, 0.15) is 23.5 Å². The summed E-state index contributed by atoms with van der Waals surface area (Å²) in [4.78, 5) is 0. The number of allylic oxidation sites excluding steroid dienone is 1. The fraction of sp³-hybridized carbons (Fsp3) is 0.176. The minimum Gasteiger partial charge on any atom is -0.392 e. The smallest absolute Gasteiger partial charge is 0.0612 e. The largest absolute Gasteiger partial charge is 0.392 e. The van der Waals surface area contributed by atoms with E-state index in [-0.39, 0.29) is 6.61 Å². The zero-order valence-corrected chi connectivity index (χ0v) is 10.4. The number of hydrogen-bond donors (Lipinski definition) is 1. The van der Waals surface area contributed by atoms with Crippen molar-refractivity contribution in [2.24, 2.45) is 0 Å². The highest BCUT2D eigenvalue weighted by molar-refractivity contribution is 5.32. The van der Waals surface area contributed by atoms with E-state index in [9.17, 15) is 0 Å². The molecule has 1 N–H and O–H groups in total. The summed E-state index contributed by atoms with van der Waals surface area (Å²) in [6.07, 6.45) is 4.76. The molecule has 1 heteroatoms. The third kappa shape index (κ3) is 3.31. The van der Waals surface area contributed by atoms with Crippen molar-refractivity contribution in [3.05, 3.63) is 83.9 Å². The molecule has 2 aromatic carbocycles. The van der Waals surface area contributed by atoms with Crippen LogP contribution < -0.4 is 0 Å². The second kappa shape index (κ2) is 6.77. The van der Waals surface area contributed by atoms with Gasteiger partial charge in [0.1, 0.15) is 0 Å². The van der Waals surface area contributed by atoms with Crippen molar-refractivity contribution in [1.29, 1.82) is 0 Å². The Morgan fingerprint density at radius 3 is 1.72 bits per heavy atom. The van der Waals surface area contributed by atoms with Crippen molar-refractivity contribution in [2.45, 2.75) is 12.3 Å². The quantitative estimate of drug-likeness (QED) is 0.786. The average molecular weight is 238 g/mol. The summed E-state index contributed by atoms with van der Waals surface area (Å²) in [5, 5.41) is 8.83. The molecule has 0 radical (unpaired) electrons. The second-order valence-electron chi connectivity index (χ2n) is 4.26. The van der Waals surface area contributed by atoms with E-state index in [2.05, 4.69) is 48.5 Å². The Morgan fingerprint density at radius 2 is 1.28 bits per heavy atom. The fourth-order valence-electron chi connectivity index (χ4n) is 2.14. The lowest BCUT2D eigenvalue weighted by Crippen LogP contribution is -1.99. The Hall–Kier alpha value is -1.86. The van der Waals surface area contributed by atoms with E-state index in [1.807, 2.05) is 18.2 Å². The highest BCUT2D eigenvalue weighted by Crippen LogP contribution is 2.27. The Labute approximate surface area is 108 Å². The molecule has 0 heterocycles. The molecule has 0 saturated heterocycles. The summed E-state index contributed by atoms with van der Waals surface area (Å²) < 4.78 is 0. The molecule has 0 unspecified atom stereocenters. The summed E-state index contributed by atoms with van der Waals surface area (Å²) in [5.41, 5.74) is 2.62. The van der Waals surface area contributed by atoms with Gasteiger partial charge in [-0.25, -0.2) is 0 Å². The highest BCUT2D eigenvalue weighted by atomic mass is 16.2. The molecule has 0 bridgehead atoms. The van der Waals surface area contributed by atoms with Gasteiger partial charge in [0.05, 0.1) is 6.61 Å². The van der Waals surface area contributed by atoms with Crippen LogP contribution in [0.25, 0.3) is 0 Å². The van der Waals surface area contributed by atoms with Crippen molar-refractivity contribution >= 4 is 0 Å². The van der Waals surface area contributed by atoms with Crippen LogP contribution in [-0.2, 0) is 0 Å². The molecule has 0 spiro atoms. The SMILES string of the molecule is OC/C=C\CC(c1ccccc1)c1ccccc1. The maximum absolute atomic E-state index is 8.83. The molecule has 0 aromatic heterocycles. The Kier molecular flexibility index (Phi) is 4.74. The van der Waals surface area contributed by atoms with Crippen molar-refractivity contribution in [1.82, 2.24) is 0 Å². The van der Waals surface area contributed by atoms with Gasteiger partial charge in [-0.05, 0) is 17.5 Å². The number of aliphatic hydroxyl groups excluding tert-OH is 1. The van der Waals surface area contributed by atoms with Gasteiger partial charge in [-0.1, -0.05) is 72.8 Å². The van der Waals surface area contributed by atoms with Crippen LogP contribution in [0.15, 0.2) is 72.8 Å². The number of benzene rings is 2. The summed E-state index contributed by atoms with van der Waals surface area (Å²) >= 11 is 0. The molecule has 1 nitrogen and oxygen atoms in total. The first kappa shape index (κ1) is 12.6. The van der Waals surface area contributed by atoms with E-state index in [1.54, 1.807) is 6.08 Å². The van der Waals surface area contributed by atoms with Gasteiger partial charge >= 0.3 is 0 Å². The molecule has 2 rings (SSSR count). The van der Waals surface area contributed by atoms with Gasteiger partial charge in [0.25, 0.3) is 0 Å². The molecule has 0 aliphatic carbocycles. The van der Waals surface area contributed by atoms with Crippen LogP contribution in [0.3, 0.4) is 0 Å². The van der Waals surface area contributed by atoms with Crippen molar-refractivity contribution in [3.63, 3.8) is 0 Å². The molecule has 0 amide bonds. The topological polar surface area (TPSA) is 20.2 Å². The predicted octanol–water partition coefficient (Wildman–Crippen LogP) is 3.76. The Morgan fingerprint density at radius 1 is 0.778 bits per heavy atom. The van der Waals surface area contributed by atoms with Crippen molar-refractivity contribution in [3.8, 4) is 0 Å². The van der Waals surface area contributed by atoms with Gasteiger partial charge in [0.15, 0.2) is 0 Å². The van der Waals surface area contributed by atoms with Gasteiger partial charge in [0.2, 0.25) is 0 Å². The van der Waals surface area contributed by atoms with E-state index in [0.29, 0.717) is 5.92 Å². The fourth-order valence-corrected chi connectivity index (χ4v) is 2.14. The monoisotopic (exact) mass is 238 g/mol. The molecule has 2 aromatic rings. The Bertz CT molecular complexity index is 434. The van der Waals surface area contributed by atoms with Crippen LogP contribution >= 0.6 is 0 Å². The van der Waals surface area contributed by atoms with Crippen molar-refractivity contribution in [2.75, 3.05) is 6.61 Å². The first-order chi connectivity index (χ1) is 8.92. The lowest BCUT2D eigenvalue weighted by Gasteiger charge is -2.16. The standard InChI is InChI=1S/C17H18O/c18-14-8-7-13-17(15-9-3-1-4-10-15)16-11-5-2-6-12-16/h1-12,17-18H,13-14H2/b8-7-. The second-order valence-corrected chi connectivity index (χ2v) is 4.26.